The first-order chi connectivity index (χ1) is 12.3. The van der Waals surface area contributed by atoms with Gasteiger partial charge in [0.1, 0.15) is 5.82 Å². The second kappa shape index (κ2) is 7.14. The van der Waals surface area contributed by atoms with Crippen LogP contribution in [0, 0.1) is 11.7 Å². The molecule has 0 aromatic heterocycles. The summed E-state index contributed by atoms with van der Waals surface area (Å²) in [6, 6.07) is 5.72. The molecule has 2 saturated heterocycles. The molecule has 2 fully saturated rings. The highest BCUT2D eigenvalue weighted by atomic mass is 32.2. The van der Waals surface area contributed by atoms with E-state index in [9.17, 15) is 27.2 Å². The van der Waals surface area contributed by atoms with Gasteiger partial charge in [-0.1, -0.05) is 18.2 Å². The number of hydrogen-bond acceptors (Lipinski definition) is 5. The Labute approximate surface area is 150 Å². The van der Waals surface area contributed by atoms with Crippen LogP contribution in [-0.4, -0.2) is 49.9 Å². The van der Waals surface area contributed by atoms with Gasteiger partial charge in [0.2, 0.25) is 17.7 Å². The number of rotatable bonds is 2. The van der Waals surface area contributed by atoms with Gasteiger partial charge in [0.05, 0.1) is 16.9 Å². The Hall–Kier alpha value is -2.29. The zero-order valence-electron chi connectivity index (χ0n) is 14.0. The Morgan fingerprint density at radius 2 is 1.77 bits per heavy atom. The number of hydrogen-bond donors (Lipinski definition) is 1. The van der Waals surface area contributed by atoms with Crippen molar-refractivity contribution >= 4 is 27.6 Å². The first-order valence-corrected chi connectivity index (χ1v) is 10.1. The molecule has 0 bridgehead atoms. The van der Waals surface area contributed by atoms with Crippen LogP contribution in [0.1, 0.15) is 30.1 Å². The summed E-state index contributed by atoms with van der Waals surface area (Å²) in [5.74, 6) is -3.07. The molecule has 3 amide bonds. The zero-order valence-corrected chi connectivity index (χ0v) is 14.8. The van der Waals surface area contributed by atoms with Crippen LogP contribution in [-0.2, 0) is 24.2 Å². The fourth-order valence-electron chi connectivity index (χ4n) is 3.46. The maximum Gasteiger partial charge on any atom is 0.227 e. The third kappa shape index (κ3) is 3.77. The van der Waals surface area contributed by atoms with Gasteiger partial charge in [-0.3, -0.25) is 19.7 Å². The molecule has 0 radical (unpaired) electrons. The van der Waals surface area contributed by atoms with Crippen molar-refractivity contribution in [2.24, 2.45) is 5.92 Å². The van der Waals surface area contributed by atoms with Crippen LogP contribution in [0.25, 0.3) is 0 Å². The van der Waals surface area contributed by atoms with Gasteiger partial charge < -0.3 is 4.90 Å². The normalized spacial score (nSPS) is 24.0. The molecule has 0 aliphatic carbocycles. The zero-order chi connectivity index (χ0) is 18.9. The van der Waals surface area contributed by atoms with Crippen molar-refractivity contribution in [2.45, 2.75) is 24.5 Å². The Morgan fingerprint density at radius 3 is 2.42 bits per heavy atom. The van der Waals surface area contributed by atoms with E-state index in [1.165, 1.54) is 23.1 Å². The predicted octanol–water partition coefficient (Wildman–Crippen LogP) is 0.567. The highest BCUT2D eigenvalue weighted by molar-refractivity contribution is 7.91. The molecule has 1 aromatic rings. The molecular formula is C17H19FN2O5S. The number of benzene rings is 1. The summed E-state index contributed by atoms with van der Waals surface area (Å²) in [6.07, 6.45) is -0.114. The van der Waals surface area contributed by atoms with Gasteiger partial charge in [-0.25, -0.2) is 12.8 Å². The summed E-state index contributed by atoms with van der Waals surface area (Å²) in [5, 5.41) is 1.13. The molecule has 26 heavy (non-hydrogen) atoms. The molecule has 1 N–H and O–H groups in total. The van der Waals surface area contributed by atoms with E-state index >= 15 is 0 Å². The molecule has 140 valence electrons. The van der Waals surface area contributed by atoms with Crippen LogP contribution in [0.15, 0.2) is 24.3 Å². The summed E-state index contributed by atoms with van der Waals surface area (Å²) < 4.78 is 39.2. The van der Waals surface area contributed by atoms with Gasteiger partial charge in [0.15, 0.2) is 9.84 Å². The average Bonchev–Trinajstić information content (AvgIpc) is 2.72. The fraction of sp³-hybridized carbons (Fsp3) is 0.471. The molecule has 1 atom stereocenters. The molecule has 3 rings (SSSR count). The van der Waals surface area contributed by atoms with Crippen molar-refractivity contribution in [1.82, 2.24) is 10.2 Å². The maximum atomic E-state index is 14.1. The van der Waals surface area contributed by atoms with Crippen LogP contribution >= 0.6 is 0 Å². The number of halogens is 1. The van der Waals surface area contributed by atoms with E-state index in [-0.39, 0.29) is 43.7 Å². The van der Waals surface area contributed by atoms with E-state index in [2.05, 4.69) is 5.32 Å². The number of carbonyl (C=O) groups is 3. The highest BCUT2D eigenvalue weighted by Gasteiger charge is 2.37. The van der Waals surface area contributed by atoms with Crippen LogP contribution in [0.3, 0.4) is 0 Å². The third-order valence-corrected chi connectivity index (χ3v) is 6.90. The van der Waals surface area contributed by atoms with Crippen molar-refractivity contribution in [1.29, 1.82) is 0 Å². The van der Waals surface area contributed by atoms with Gasteiger partial charge >= 0.3 is 0 Å². The average molecular weight is 382 g/mol. The lowest BCUT2D eigenvalue weighted by Crippen LogP contribution is -2.46. The second-order valence-electron chi connectivity index (χ2n) is 6.57. The molecule has 1 aromatic carbocycles. The predicted molar refractivity (Wildman–Crippen MR) is 90.0 cm³/mol. The van der Waals surface area contributed by atoms with Crippen molar-refractivity contribution in [2.75, 3.05) is 18.8 Å². The molecule has 0 saturated carbocycles. The van der Waals surface area contributed by atoms with Crippen LogP contribution < -0.4 is 5.32 Å². The summed E-state index contributed by atoms with van der Waals surface area (Å²) in [5.41, 5.74) is 0.106. The second-order valence-corrected chi connectivity index (χ2v) is 8.87. The number of imide groups is 1. The summed E-state index contributed by atoms with van der Waals surface area (Å²) in [7, 11) is -3.63. The first-order valence-electron chi connectivity index (χ1n) is 8.35. The Bertz CT molecular complexity index is 838. The lowest BCUT2D eigenvalue weighted by atomic mass is 9.95. The third-order valence-electron chi connectivity index (χ3n) is 4.80. The topological polar surface area (TPSA) is 101 Å². The standard InChI is InChI=1S/C17H19FN2O5S/c18-13-4-2-1-3-12(13)14-5-6-20(7-8-26(14,24)25)17(23)11-9-15(21)19-16(22)10-11/h1-4,11,14H,5-10H2,(H,19,21,22)/t14-/m1/s1. The lowest BCUT2D eigenvalue weighted by molar-refractivity contribution is -0.145. The molecule has 9 heteroatoms. The van der Waals surface area contributed by atoms with Gasteiger partial charge in [0, 0.05) is 31.5 Å². The number of nitrogens with zero attached hydrogens (tertiary/aromatic N) is 1. The van der Waals surface area contributed by atoms with Gasteiger partial charge in [-0.15, -0.1) is 0 Å². The molecular weight excluding hydrogens is 363 g/mol. The van der Waals surface area contributed by atoms with Crippen molar-refractivity contribution in [3.8, 4) is 0 Å². The summed E-state index contributed by atoms with van der Waals surface area (Å²) in [4.78, 5) is 37.0. The van der Waals surface area contributed by atoms with E-state index in [0.717, 1.165) is 0 Å². The minimum Gasteiger partial charge on any atom is -0.341 e. The molecule has 0 unspecified atom stereocenters. The highest BCUT2D eigenvalue weighted by Crippen LogP contribution is 2.31. The SMILES string of the molecule is O=C1CC(C(=O)N2CC[C@H](c3ccccc3F)S(=O)(=O)CC2)CC(=O)N1. The van der Waals surface area contributed by atoms with E-state index in [4.69, 9.17) is 0 Å². The maximum absolute atomic E-state index is 14.1. The Kier molecular flexibility index (Phi) is 5.08. The number of carbonyl (C=O) groups excluding carboxylic acids is 3. The largest absolute Gasteiger partial charge is 0.341 e. The minimum absolute atomic E-state index is 0.0293. The molecule has 7 nitrogen and oxygen atoms in total. The van der Waals surface area contributed by atoms with Crippen LogP contribution in [0.4, 0.5) is 4.39 Å². The molecule has 2 aliphatic heterocycles. The monoisotopic (exact) mass is 382 g/mol. The van der Waals surface area contributed by atoms with Gasteiger partial charge in [-0.05, 0) is 12.5 Å². The lowest BCUT2D eigenvalue weighted by Gasteiger charge is -2.27. The van der Waals surface area contributed by atoms with Gasteiger partial charge in [-0.2, -0.15) is 0 Å². The fourth-order valence-corrected chi connectivity index (χ4v) is 5.26. The smallest absolute Gasteiger partial charge is 0.227 e. The Morgan fingerprint density at radius 1 is 1.12 bits per heavy atom. The first kappa shape index (κ1) is 18.5. The molecule has 2 heterocycles. The molecule has 2 aliphatic rings. The summed E-state index contributed by atoms with van der Waals surface area (Å²) >= 11 is 0. The van der Waals surface area contributed by atoms with Gasteiger partial charge in [0.25, 0.3) is 0 Å². The van der Waals surface area contributed by atoms with Crippen molar-refractivity contribution in [3.05, 3.63) is 35.6 Å². The van der Waals surface area contributed by atoms with Crippen molar-refractivity contribution in [3.63, 3.8) is 0 Å². The summed E-state index contributed by atoms with van der Waals surface area (Å²) in [6.45, 7) is 0.0990. The quantitative estimate of drug-likeness (QED) is 0.754. The van der Waals surface area contributed by atoms with Crippen LogP contribution in [0.2, 0.25) is 0 Å². The van der Waals surface area contributed by atoms with E-state index < -0.39 is 44.5 Å². The van der Waals surface area contributed by atoms with Crippen molar-refractivity contribution < 1.29 is 27.2 Å². The Balaban J connectivity index is 1.78. The van der Waals surface area contributed by atoms with E-state index in [1.807, 2.05) is 0 Å². The number of nitrogens with one attached hydrogen (secondary N) is 1. The number of piperidine rings is 1. The van der Waals surface area contributed by atoms with Crippen LogP contribution in [0.5, 0.6) is 0 Å². The molecule has 0 spiro atoms. The number of sulfone groups is 1. The van der Waals surface area contributed by atoms with E-state index in [1.54, 1.807) is 6.07 Å². The van der Waals surface area contributed by atoms with E-state index in [0.29, 0.717) is 0 Å². The minimum atomic E-state index is -3.63. The number of amides is 3.